The first-order valence-corrected chi connectivity index (χ1v) is 7.13. The van der Waals surface area contributed by atoms with Crippen molar-refractivity contribution in [2.45, 2.75) is 31.8 Å². The maximum Gasteiger partial charge on any atom is 0.330 e. The summed E-state index contributed by atoms with van der Waals surface area (Å²) in [6, 6.07) is 2.19. The van der Waals surface area contributed by atoms with Gasteiger partial charge in [0.25, 0.3) is 5.56 Å². The van der Waals surface area contributed by atoms with Crippen LogP contribution in [0.3, 0.4) is 0 Å². The summed E-state index contributed by atoms with van der Waals surface area (Å²) in [6.45, 7) is 0.441. The largest absolute Gasteiger partial charge is 0.469 e. The van der Waals surface area contributed by atoms with Gasteiger partial charge in [-0.25, -0.2) is 4.79 Å². The summed E-state index contributed by atoms with van der Waals surface area (Å²) < 4.78 is 8.04. The van der Waals surface area contributed by atoms with E-state index in [9.17, 15) is 9.59 Å². The van der Waals surface area contributed by atoms with E-state index in [1.165, 1.54) is 17.2 Å². The summed E-state index contributed by atoms with van der Waals surface area (Å²) in [4.78, 5) is 23.8. The highest BCUT2D eigenvalue weighted by Gasteiger charge is 2.22. The second-order valence-corrected chi connectivity index (χ2v) is 5.54. The third kappa shape index (κ3) is 2.47. The number of furan rings is 1. The summed E-state index contributed by atoms with van der Waals surface area (Å²) in [5.41, 5.74) is 1.23. The molecule has 6 heteroatoms. The van der Waals surface area contributed by atoms with E-state index in [0.717, 1.165) is 29.6 Å². The van der Waals surface area contributed by atoms with Crippen LogP contribution < -0.4 is 16.6 Å². The average Bonchev–Trinajstić information content (AvgIpc) is 2.96. The van der Waals surface area contributed by atoms with Crippen LogP contribution in [0.2, 0.25) is 0 Å². The Balaban J connectivity index is 1.81. The molecule has 0 saturated heterocycles. The molecule has 21 heavy (non-hydrogen) atoms. The smallest absolute Gasteiger partial charge is 0.330 e. The molecule has 112 valence electrons. The van der Waals surface area contributed by atoms with Gasteiger partial charge < -0.3 is 14.3 Å². The molecule has 0 radical (unpaired) electrons. The van der Waals surface area contributed by atoms with Crippen molar-refractivity contribution < 1.29 is 4.42 Å². The van der Waals surface area contributed by atoms with Crippen LogP contribution in [0.1, 0.15) is 35.8 Å². The van der Waals surface area contributed by atoms with Crippen molar-refractivity contribution in [3.63, 3.8) is 0 Å². The van der Waals surface area contributed by atoms with Crippen molar-refractivity contribution in [3.8, 4) is 0 Å². The monoisotopic (exact) mass is 289 g/mol. The molecule has 2 aromatic rings. The van der Waals surface area contributed by atoms with E-state index in [0.29, 0.717) is 12.1 Å². The van der Waals surface area contributed by atoms with Crippen molar-refractivity contribution in [3.05, 3.63) is 56.3 Å². The number of nitrogens with one attached hydrogen (secondary N) is 1. The first kappa shape index (κ1) is 13.9. The maximum atomic E-state index is 12.1. The Labute approximate surface area is 122 Å². The first-order chi connectivity index (χ1) is 10.1. The lowest BCUT2D eigenvalue weighted by molar-refractivity contribution is 0.409. The molecule has 1 aliphatic rings. The molecule has 0 spiro atoms. The molecule has 2 aromatic heterocycles. The molecule has 0 aromatic carbocycles. The molecule has 2 heterocycles. The summed E-state index contributed by atoms with van der Waals surface area (Å²) >= 11 is 0. The second kappa shape index (κ2) is 5.37. The molecule has 0 aliphatic heterocycles. The van der Waals surface area contributed by atoms with Gasteiger partial charge in [0, 0.05) is 50.4 Å². The molecule has 0 amide bonds. The maximum absolute atomic E-state index is 12.1. The lowest BCUT2D eigenvalue weighted by Crippen LogP contribution is -2.40. The van der Waals surface area contributed by atoms with Gasteiger partial charge in [-0.2, -0.15) is 0 Å². The third-order valence-corrected chi connectivity index (χ3v) is 4.11. The fourth-order valence-corrected chi connectivity index (χ4v) is 2.94. The fourth-order valence-electron chi connectivity index (χ4n) is 2.94. The summed E-state index contributed by atoms with van der Waals surface area (Å²) in [5.74, 6) is 1.03. The first-order valence-electron chi connectivity index (χ1n) is 7.13. The van der Waals surface area contributed by atoms with E-state index in [4.69, 9.17) is 4.42 Å². The van der Waals surface area contributed by atoms with Crippen molar-refractivity contribution >= 4 is 0 Å². The Kier molecular flexibility index (Phi) is 3.55. The summed E-state index contributed by atoms with van der Waals surface area (Å²) in [5, 5.41) is 3.41. The zero-order valence-corrected chi connectivity index (χ0v) is 12.3. The minimum absolute atomic E-state index is 0.203. The van der Waals surface area contributed by atoms with Gasteiger partial charge in [-0.15, -0.1) is 0 Å². The predicted octanol–water partition coefficient (Wildman–Crippen LogP) is 0.844. The van der Waals surface area contributed by atoms with Gasteiger partial charge in [-0.3, -0.25) is 9.36 Å². The molecule has 1 unspecified atom stereocenters. The van der Waals surface area contributed by atoms with Gasteiger partial charge in [0.2, 0.25) is 0 Å². The van der Waals surface area contributed by atoms with E-state index in [1.807, 2.05) is 6.07 Å². The molecular formula is C15H19N3O3. The van der Waals surface area contributed by atoms with E-state index >= 15 is 0 Å². The fraction of sp³-hybridized carbons (Fsp3) is 0.467. The van der Waals surface area contributed by atoms with E-state index < -0.39 is 0 Å². The molecule has 1 aliphatic carbocycles. The number of aromatic nitrogens is 2. The highest BCUT2D eigenvalue weighted by molar-refractivity contribution is 5.24. The quantitative estimate of drug-likeness (QED) is 0.909. The Morgan fingerprint density at radius 3 is 3.00 bits per heavy atom. The average molecular weight is 289 g/mol. The highest BCUT2D eigenvalue weighted by Crippen LogP contribution is 2.30. The van der Waals surface area contributed by atoms with Crippen LogP contribution in [0.4, 0.5) is 0 Å². The molecular weight excluding hydrogens is 270 g/mol. The number of rotatable bonds is 3. The number of hydrogen-bond acceptors (Lipinski definition) is 4. The van der Waals surface area contributed by atoms with E-state index in [-0.39, 0.29) is 17.3 Å². The van der Waals surface area contributed by atoms with Gasteiger partial charge in [0.05, 0.1) is 6.26 Å². The third-order valence-electron chi connectivity index (χ3n) is 4.11. The van der Waals surface area contributed by atoms with Crippen molar-refractivity contribution in [1.82, 2.24) is 14.5 Å². The second-order valence-electron chi connectivity index (χ2n) is 5.54. The number of fused-ring (bicyclic) bond motifs is 1. The highest BCUT2D eigenvalue weighted by atomic mass is 16.3. The Bertz CT molecular complexity index is 769. The molecule has 3 rings (SSSR count). The predicted molar refractivity (Wildman–Crippen MR) is 78.2 cm³/mol. The molecule has 6 nitrogen and oxygen atoms in total. The molecule has 0 bridgehead atoms. The van der Waals surface area contributed by atoms with Crippen LogP contribution in [-0.4, -0.2) is 9.13 Å². The van der Waals surface area contributed by atoms with Crippen molar-refractivity contribution in [1.29, 1.82) is 0 Å². The molecule has 0 fully saturated rings. The molecule has 1 atom stereocenters. The lowest BCUT2D eigenvalue weighted by atomic mass is 9.93. The summed E-state index contributed by atoms with van der Waals surface area (Å²) in [7, 11) is 3.16. The molecule has 1 N–H and O–H groups in total. The Morgan fingerprint density at radius 2 is 2.19 bits per heavy atom. The number of nitrogens with zero attached hydrogens (tertiary/aromatic N) is 2. The normalized spacial score (nSPS) is 17.7. The zero-order chi connectivity index (χ0) is 15.0. The van der Waals surface area contributed by atoms with Crippen molar-refractivity contribution in [2.24, 2.45) is 14.1 Å². The molecule has 0 saturated carbocycles. The van der Waals surface area contributed by atoms with Crippen LogP contribution >= 0.6 is 0 Å². The Morgan fingerprint density at radius 1 is 1.38 bits per heavy atom. The Hall–Kier alpha value is -2.08. The van der Waals surface area contributed by atoms with Gasteiger partial charge in [0.15, 0.2) is 0 Å². The van der Waals surface area contributed by atoms with Crippen LogP contribution in [0.5, 0.6) is 0 Å². The van der Waals surface area contributed by atoms with Crippen LogP contribution in [0.25, 0.3) is 0 Å². The minimum Gasteiger partial charge on any atom is -0.469 e. The van der Waals surface area contributed by atoms with Crippen LogP contribution in [0, 0.1) is 0 Å². The number of hydrogen-bond donors (Lipinski definition) is 1. The van der Waals surface area contributed by atoms with Crippen molar-refractivity contribution in [2.75, 3.05) is 0 Å². The summed E-state index contributed by atoms with van der Waals surface area (Å²) in [6.07, 6.45) is 6.40. The van der Waals surface area contributed by atoms with Gasteiger partial charge in [-0.1, -0.05) is 0 Å². The van der Waals surface area contributed by atoms with Gasteiger partial charge in [-0.05, 0) is 18.9 Å². The standard InChI is InChI=1S/C15H19N3O3/c1-17-9-10(14(19)18(2)15(17)20)8-16-12-4-3-5-13-11(12)6-7-21-13/h6-7,9,12,16H,3-5,8H2,1-2H3. The lowest BCUT2D eigenvalue weighted by Gasteiger charge is -2.22. The van der Waals surface area contributed by atoms with Crippen LogP contribution in [0.15, 0.2) is 32.5 Å². The van der Waals surface area contributed by atoms with Gasteiger partial charge >= 0.3 is 5.69 Å². The zero-order valence-electron chi connectivity index (χ0n) is 12.3. The van der Waals surface area contributed by atoms with Crippen LogP contribution in [-0.2, 0) is 27.1 Å². The van der Waals surface area contributed by atoms with E-state index in [1.54, 1.807) is 19.5 Å². The minimum atomic E-state index is -0.307. The SMILES string of the molecule is Cn1cc(CNC2CCCc3occc32)c(=O)n(C)c1=O. The number of aryl methyl sites for hydroxylation is 2. The van der Waals surface area contributed by atoms with Gasteiger partial charge in [0.1, 0.15) is 5.76 Å². The van der Waals surface area contributed by atoms with E-state index in [2.05, 4.69) is 5.32 Å². The topological polar surface area (TPSA) is 69.2 Å².